The Morgan fingerprint density at radius 3 is 2.86 bits per heavy atom. The number of esters is 1. The van der Waals surface area contributed by atoms with Gasteiger partial charge in [0.25, 0.3) is 0 Å². The fourth-order valence-corrected chi connectivity index (χ4v) is 2.58. The first kappa shape index (κ1) is 16.0. The van der Waals surface area contributed by atoms with Gasteiger partial charge in [-0.3, -0.25) is 0 Å². The van der Waals surface area contributed by atoms with Gasteiger partial charge in [0.2, 0.25) is 0 Å². The SMILES string of the molecule is C=CCOc1ccccc1[C@@H]1NC(=S)NC(C)=C1C(=O)OC. The summed E-state index contributed by atoms with van der Waals surface area (Å²) in [5.41, 5.74) is 1.96. The summed E-state index contributed by atoms with van der Waals surface area (Å²) in [4.78, 5) is 12.1. The molecule has 116 valence electrons. The van der Waals surface area contributed by atoms with E-state index in [1.54, 1.807) is 13.0 Å². The highest BCUT2D eigenvalue weighted by Gasteiger charge is 2.32. The van der Waals surface area contributed by atoms with Gasteiger partial charge in [-0.15, -0.1) is 0 Å². The number of hydrogen-bond donors (Lipinski definition) is 2. The van der Waals surface area contributed by atoms with Crippen LogP contribution in [0.3, 0.4) is 0 Å². The van der Waals surface area contributed by atoms with Crippen molar-refractivity contribution in [1.29, 1.82) is 0 Å². The molecule has 1 heterocycles. The highest BCUT2D eigenvalue weighted by molar-refractivity contribution is 7.80. The van der Waals surface area contributed by atoms with Crippen molar-refractivity contribution in [3.05, 3.63) is 53.8 Å². The molecule has 2 rings (SSSR count). The summed E-state index contributed by atoms with van der Waals surface area (Å²) in [5, 5.41) is 6.50. The van der Waals surface area contributed by atoms with Gasteiger partial charge in [-0.05, 0) is 25.2 Å². The fraction of sp³-hybridized carbons (Fsp3) is 0.250. The van der Waals surface area contributed by atoms with Crippen LogP contribution in [0.15, 0.2) is 48.2 Å². The van der Waals surface area contributed by atoms with E-state index in [4.69, 9.17) is 21.7 Å². The van der Waals surface area contributed by atoms with E-state index in [1.807, 2.05) is 24.3 Å². The topological polar surface area (TPSA) is 59.6 Å². The third-order valence-corrected chi connectivity index (χ3v) is 3.48. The molecule has 1 aromatic carbocycles. The van der Waals surface area contributed by atoms with Crippen LogP contribution >= 0.6 is 12.2 Å². The van der Waals surface area contributed by atoms with Crippen molar-refractivity contribution < 1.29 is 14.3 Å². The van der Waals surface area contributed by atoms with Crippen LogP contribution < -0.4 is 15.4 Å². The number of rotatable bonds is 5. The Balaban J connectivity index is 2.48. The van der Waals surface area contributed by atoms with Crippen LogP contribution in [0.1, 0.15) is 18.5 Å². The lowest BCUT2D eigenvalue weighted by atomic mass is 9.95. The number of benzene rings is 1. The number of hydrogen-bond acceptors (Lipinski definition) is 4. The van der Waals surface area contributed by atoms with Crippen molar-refractivity contribution in [3.8, 4) is 5.75 Å². The van der Waals surface area contributed by atoms with Crippen molar-refractivity contribution in [2.24, 2.45) is 0 Å². The predicted octanol–water partition coefficient (Wildman–Crippen LogP) is 2.22. The molecule has 0 saturated carbocycles. The molecule has 0 spiro atoms. The van der Waals surface area contributed by atoms with Crippen molar-refractivity contribution in [1.82, 2.24) is 10.6 Å². The van der Waals surface area contributed by atoms with Crippen molar-refractivity contribution >= 4 is 23.3 Å². The van der Waals surface area contributed by atoms with E-state index in [-0.39, 0.29) is 0 Å². The third-order valence-electron chi connectivity index (χ3n) is 3.26. The second kappa shape index (κ2) is 7.09. The van der Waals surface area contributed by atoms with E-state index in [0.29, 0.717) is 28.7 Å². The molecule has 1 aliphatic heterocycles. The standard InChI is InChI=1S/C16H18N2O3S/c1-4-9-21-12-8-6-5-7-11(12)14-13(15(19)20-3)10(2)17-16(22)18-14/h4-8,14H,1,9H2,2-3H3,(H2,17,18,22)/t14-/m0/s1. The Morgan fingerprint density at radius 1 is 1.45 bits per heavy atom. The van der Waals surface area contributed by atoms with Crippen LogP contribution in [0.25, 0.3) is 0 Å². The molecular formula is C16H18N2O3S. The van der Waals surface area contributed by atoms with Crippen LogP contribution in [-0.2, 0) is 9.53 Å². The number of para-hydroxylation sites is 1. The number of allylic oxidation sites excluding steroid dienone is 1. The van der Waals surface area contributed by atoms with Gasteiger partial charge in [-0.2, -0.15) is 0 Å². The summed E-state index contributed by atoms with van der Waals surface area (Å²) < 4.78 is 10.6. The molecular weight excluding hydrogens is 300 g/mol. The molecule has 0 aromatic heterocycles. The smallest absolute Gasteiger partial charge is 0.337 e. The lowest BCUT2D eigenvalue weighted by molar-refractivity contribution is -0.136. The van der Waals surface area contributed by atoms with E-state index in [2.05, 4.69) is 17.2 Å². The molecule has 5 nitrogen and oxygen atoms in total. The van der Waals surface area contributed by atoms with Crippen molar-refractivity contribution in [2.45, 2.75) is 13.0 Å². The van der Waals surface area contributed by atoms with Gasteiger partial charge in [0, 0.05) is 11.3 Å². The summed E-state index contributed by atoms with van der Waals surface area (Å²) in [7, 11) is 1.35. The maximum atomic E-state index is 12.1. The summed E-state index contributed by atoms with van der Waals surface area (Å²) in [6, 6.07) is 7.06. The minimum absolute atomic E-state index is 0.378. The zero-order chi connectivity index (χ0) is 16.1. The number of ether oxygens (including phenoxy) is 2. The number of carbonyl (C=O) groups is 1. The van der Waals surface area contributed by atoms with Gasteiger partial charge in [-0.1, -0.05) is 30.9 Å². The second-order valence-electron chi connectivity index (χ2n) is 4.70. The monoisotopic (exact) mass is 318 g/mol. The Labute approximate surface area is 135 Å². The normalized spacial score (nSPS) is 17.4. The largest absolute Gasteiger partial charge is 0.489 e. The fourth-order valence-electron chi connectivity index (χ4n) is 2.31. The molecule has 0 radical (unpaired) electrons. The highest BCUT2D eigenvalue weighted by Crippen LogP contribution is 2.33. The van der Waals surface area contributed by atoms with Crippen molar-refractivity contribution in [3.63, 3.8) is 0 Å². The molecule has 1 aliphatic rings. The maximum Gasteiger partial charge on any atom is 0.337 e. The molecule has 6 heteroatoms. The number of methoxy groups -OCH3 is 1. The molecule has 0 fully saturated rings. The second-order valence-corrected chi connectivity index (χ2v) is 5.11. The van der Waals surface area contributed by atoms with Crippen LogP contribution in [-0.4, -0.2) is 24.8 Å². The van der Waals surface area contributed by atoms with E-state index in [9.17, 15) is 4.79 Å². The van der Waals surface area contributed by atoms with Gasteiger partial charge < -0.3 is 20.1 Å². The Bertz CT molecular complexity index is 640. The molecule has 0 unspecified atom stereocenters. The molecule has 0 saturated heterocycles. The van der Waals surface area contributed by atoms with Gasteiger partial charge in [0.15, 0.2) is 5.11 Å². The lowest BCUT2D eigenvalue weighted by Gasteiger charge is -2.30. The van der Waals surface area contributed by atoms with E-state index in [1.165, 1.54) is 7.11 Å². The first-order valence-corrected chi connectivity index (χ1v) is 7.18. The zero-order valence-corrected chi connectivity index (χ0v) is 13.3. The Morgan fingerprint density at radius 2 is 2.18 bits per heavy atom. The molecule has 0 aliphatic carbocycles. The highest BCUT2D eigenvalue weighted by atomic mass is 32.1. The molecule has 1 aromatic rings. The average molecular weight is 318 g/mol. The summed E-state index contributed by atoms with van der Waals surface area (Å²) in [6.45, 7) is 5.81. The molecule has 0 bridgehead atoms. The Kier molecular flexibility index (Phi) is 5.16. The first-order valence-electron chi connectivity index (χ1n) is 6.77. The molecule has 1 atom stereocenters. The van der Waals surface area contributed by atoms with Gasteiger partial charge in [0.1, 0.15) is 12.4 Å². The summed E-state index contributed by atoms with van der Waals surface area (Å²) >= 11 is 5.20. The van der Waals surface area contributed by atoms with E-state index in [0.717, 1.165) is 5.56 Å². The molecule has 2 N–H and O–H groups in total. The van der Waals surface area contributed by atoms with E-state index >= 15 is 0 Å². The quantitative estimate of drug-likeness (QED) is 0.493. The number of thiocarbonyl (C=S) groups is 1. The molecule has 22 heavy (non-hydrogen) atoms. The van der Waals surface area contributed by atoms with Crippen LogP contribution in [0, 0.1) is 0 Å². The summed E-state index contributed by atoms with van der Waals surface area (Å²) in [6.07, 6.45) is 1.67. The van der Waals surface area contributed by atoms with Gasteiger partial charge >= 0.3 is 5.97 Å². The van der Waals surface area contributed by atoms with Crippen LogP contribution in [0.2, 0.25) is 0 Å². The average Bonchev–Trinajstić information content (AvgIpc) is 2.51. The predicted molar refractivity (Wildman–Crippen MR) is 88.5 cm³/mol. The minimum atomic E-state index is -0.429. The number of nitrogens with one attached hydrogen (secondary N) is 2. The van der Waals surface area contributed by atoms with Crippen LogP contribution in [0.4, 0.5) is 0 Å². The van der Waals surface area contributed by atoms with E-state index < -0.39 is 12.0 Å². The molecule has 0 amide bonds. The Hall–Kier alpha value is -2.34. The summed E-state index contributed by atoms with van der Waals surface area (Å²) in [5.74, 6) is 0.252. The van der Waals surface area contributed by atoms with Gasteiger partial charge in [0.05, 0.1) is 18.7 Å². The minimum Gasteiger partial charge on any atom is -0.489 e. The lowest BCUT2D eigenvalue weighted by Crippen LogP contribution is -2.45. The van der Waals surface area contributed by atoms with Gasteiger partial charge in [-0.25, -0.2) is 4.79 Å². The first-order chi connectivity index (χ1) is 10.6. The number of carbonyl (C=O) groups excluding carboxylic acids is 1. The van der Waals surface area contributed by atoms with Crippen molar-refractivity contribution in [2.75, 3.05) is 13.7 Å². The third kappa shape index (κ3) is 3.28. The maximum absolute atomic E-state index is 12.1. The zero-order valence-electron chi connectivity index (χ0n) is 12.5. The van der Waals surface area contributed by atoms with Crippen LogP contribution in [0.5, 0.6) is 5.75 Å².